The summed E-state index contributed by atoms with van der Waals surface area (Å²) in [5.74, 6) is 0.420. The maximum Gasteiger partial charge on any atom is 0.291 e. The summed E-state index contributed by atoms with van der Waals surface area (Å²) in [5.41, 5.74) is 3.17. The lowest BCUT2D eigenvalue weighted by molar-refractivity contribution is 0.0952. The molecule has 1 amide bonds. The van der Waals surface area contributed by atoms with E-state index in [0.29, 0.717) is 18.0 Å². The van der Waals surface area contributed by atoms with Gasteiger partial charge in [0.15, 0.2) is 5.25 Å². The Balaban J connectivity index is 2.29. The largest absolute Gasteiger partial charge is 0.352 e. The fraction of sp³-hybridized carbons (Fsp3) is 0.409. The van der Waals surface area contributed by atoms with Crippen LogP contribution in [0.4, 0.5) is 0 Å². The van der Waals surface area contributed by atoms with Gasteiger partial charge in [-0.15, -0.1) is 4.72 Å². The molecule has 0 bridgehead atoms. The van der Waals surface area contributed by atoms with Gasteiger partial charge in [-0.05, 0) is 53.2 Å². The van der Waals surface area contributed by atoms with Crippen LogP contribution in [0.25, 0.3) is 11.1 Å². The second-order valence-electron chi connectivity index (χ2n) is 7.58. The van der Waals surface area contributed by atoms with Gasteiger partial charge in [0.05, 0.1) is 6.54 Å². The highest BCUT2D eigenvalue weighted by Gasteiger charge is 2.30. The lowest BCUT2D eigenvalue weighted by Crippen LogP contribution is -2.36. The van der Waals surface area contributed by atoms with E-state index in [1.54, 1.807) is 13.8 Å². The minimum absolute atomic E-state index is 0.104. The first-order valence-corrected chi connectivity index (χ1v) is 11.3. The summed E-state index contributed by atoms with van der Waals surface area (Å²) >= 11 is 0. The highest BCUT2D eigenvalue weighted by atomic mass is 32.3. The molecule has 0 aliphatic heterocycles. The van der Waals surface area contributed by atoms with Gasteiger partial charge < -0.3 is 5.32 Å². The van der Waals surface area contributed by atoms with Gasteiger partial charge in [-0.3, -0.25) is 4.79 Å². The molecule has 0 saturated heterocycles. The van der Waals surface area contributed by atoms with Crippen LogP contribution in [-0.4, -0.2) is 22.3 Å². The standard InChI is InChI=1S/C22H30N2O3S/c1-16(2)13-14-23-22(25)21-12-8-7-11-20(21)19-10-6-5-9-18(19)15-24-28(26,27)17(3)4/h5-12,16-17H,13-15H2,1-4H3,(H2-,23,24,25,26,27)/p+1. The molecule has 3 N–H and O–H groups in total. The van der Waals surface area contributed by atoms with Crippen molar-refractivity contribution in [3.05, 3.63) is 59.7 Å². The summed E-state index contributed by atoms with van der Waals surface area (Å²) in [5, 5.41) is 2.60. The smallest absolute Gasteiger partial charge is 0.291 e. The number of nitrogens with one attached hydrogen (secondary N) is 2. The van der Waals surface area contributed by atoms with Crippen LogP contribution in [0.1, 0.15) is 50.0 Å². The molecular formula is C22H31N2O3S+. The lowest BCUT2D eigenvalue weighted by atomic mass is 9.95. The van der Waals surface area contributed by atoms with Crippen LogP contribution >= 0.6 is 0 Å². The van der Waals surface area contributed by atoms with E-state index in [-0.39, 0.29) is 12.5 Å². The van der Waals surface area contributed by atoms with E-state index in [4.69, 9.17) is 0 Å². The summed E-state index contributed by atoms with van der Waals surface area (Å²) in [6.45, 7) is 8.54. The predicted molar refractivity (Wildman–Crippen MR) is 116 cm³/mol. The van der Waals surface area contributed by atoms with Crippen LogP contribution in [0.2, 0.25) is 0 Å². The van der Waals surface area contributed by atoms with Gasteiger partial charge in [-0.2, -0.15) is 4.55 Å². The Labute approximate surface area is 169 Å². The van der Waals surface area contributed by atoms with Crippen molar-refractivity contribution in [3.8, 4) is 11.1 Å². The van der Waals surface area contributed by atoms with Crippen molar-refractivity contribution < 1.29 is 13.6 Å². The van der Waals surface area contributed by atoms with Gasteiger partial charge in [0.2, 0.25) is 0 Å². The molecule has 1 unspecified atom stereocenters. The number of amides is 1. The van der Waals surface area contributed by atoms with Crippen molar-refractivity contribution in [2.75, 3.05) is 6.54 Å². The van der Waals surface area contributed by atoms with Crippen molar-refractivity contribution in [2.45, 2.75) is 45.9 Å². The third kappa shape index (κ3) is 5.99. The molecule has 2 aromatic carbocycles. The second kappa shape index (κ2) is 9.96. The van der Waals surface area contributed by atoms with E-state index in [9.17, 15) is 13.6 Å². The highest BCUT2D eigenvalue weighted by molar-refractivity contribution is 7.96. The monoisotopic (exact) mass is 403 g/mol. The Hall–Kier alpha value is -2.02. The zero-order valence-corrected chi connectivity index (χ0v) is 17.9. The van der Waals surface area contributed by atoms with Gasteiger partial charge in [0.25, 0.3) is 16.3 Å². The molecule has 1 atom stereocenters. The molecule has 6 heteroatoms. The zero-order chi connectivity index (χ0) is 20.7. The van der Waals surface area contributed by atoms with E-state index in [0.717, 1.165) is 23.1 Å². The Morgan fingerprint density at radius 3 is 2.25 bits per heavy atom. The number of hydrogen-bond donors (Lipinski definition) is 3. The van der Waals surface area contributed by atoms with Crippen molar-refractivity contribution in [1.29, 1.82) is 0 Å². The van der Waals surface area contributed by atoms with E-state index >= 15 is 0 Å². The summed E-state index contributed by atoms with van der Waals surface area (Å²) < 4.78 is 25.1. The van der Waals surface area contributed by atoms with Crippen LogP contribution in [-0.2, 0) is 21.2 Å². The third-order valence-corrected chi connectivity index (χ3v) is 6.43. The topological polar surface area (TPSA) is 78.4 Å². The molecule has 5 nitrogen and oxygen atoms in total. The quantitative estimate of drug-likeness (QED) is 0.539. The van der Waals surface area contributed by atoms with Gasteiger partial charge >= 0.3 is 0 Å². The van der Waals surface area contributed by atoms with Crippen molar-refractivity contribution in [2.24, 2.45) is 5.92 Å². The average Bonchev–Trinajstić information content (AvgIpc) is 2.66. The highest BCUT2D eigenvalue weighted by Crippen LogP contribution is 2.27. The Morgan fingerprint density at radius 1 is 1.00 bits per heavy atom. The molecule has 152 valence electrons. The first kappa shape index (κ1) is 22.3. The number of carbonyl (C=O) groups is 1. The zero-order valence-electron chi connectivity index (χ0n) is 17.1. The summed E-state index contributed by atoms with van der Waals surface area (Å²) in [6.07, 6.45) is 0.925. The maximum absolute atomic E-state index is 12.7. The number of benzene rings is 2. The first-order valence-electron chi connectivity index (χ1n) is 9.68. The van der Waals surface area contributed by atoms with Gasteiger partial charge in [-0.25, -0.2) is 0 Å². The number of carbonyl (C=O) groups excluding carboxylic acids is 1. The molecule has 0 radical (unpaired) electrons. The Morgan fingerprint density at radius 2 is 1.61 bits per heavy atom. The van der Waals surface area contributed by atoms with Crippen LogP contribution in [0.3, 0.4) is 0 Å². The second-order valence-corrected chi connectivity index (χ2v) is 9.95. The molecule has 0 saturated carbocycles. The molecule has 0 aliphatic carbocycles. The molecule has 28 heavy (non-hydrogen) atoms. The number of rotatable bonds is 9. The van der Waals surface area contributed by atoms with E-state index < -0.39 is 15.6 Å². The SMILES string of the molecule is CC(C)CCNC(=O)c1ccccc1-c1ccccc1CN[S+](=O)(O)C(C)C. The van der Waals surface area contributed by atoms with Crippen molar-refractivity contribution >= 4 is 16.3 Å². The molecule has 0 spiro atoms. The predicted octanol–water partition coefficient (Wildman–Crippen LogP) is 4.52. The van der Waals surface area contributed by atoms with Gasteiger partial charge in [0, 0.05) is 12.1 Å². The maximum atomic E-state index is 12.7. The lowest BCUT2D eigenvalue weighted by Gasteiger charge is -2.15. The van der Waals surface area contributed by atoms with Crippen LogP contribution in [0.5, 0.6) is 0 Å². The normalized spacial score (nSPS) is 13.5. The minimum atomic E-state index is -3.12. The molecule has 2 rings (SSSR count). The first-order chi connectivity index (χ1) is 13.2. The van der Waals surface area contributed by atoms with Crippen molar-refractivity contribution in [3.63, 3.8) is 0 Å². The van der Waals surface area contributed by atoms with Gasteiger partial charge in [0.1, 0.15) is 0 Å². The minimum Gasteiger partial charge on any atom is -0.352 e. The average molecular weight is 404 g/mol. The van der Waals surface area contributed by atoms with Crippen molar-refractivity contribution in [1.82, 2.24) is 10.0 Å². The molecule has 0 fully saturated rings. The van der Waals surface area contributed by atoms with E-state index in [1.807, 2.05) is 48.5 Å². The number of hydrogen-bond acceptors (Lipinski definition) is 2. The third-order valence-electron chi connectivity index (χ3n) is 4.59. The molecule has 0 heterocycles. The molecule has 2 aromatic rings. The Bertz CT molecular complexity index is 849. The molecular weight excluding hydrogens is 372 g/mol. The Kier molecular flexibility index (Phi) is 7.92. The molecule has 0 aliphatic rings. The van der Waals surface area contributed by atoms with Crippen LogP contribution in [0, 0.1) is 5.92 Å². The summed E-state index contributed by atoms with van der Waals surface area (Å²) in [6, 6.07) is 15.1. The van der Waals surface area contributed by atoms with Gasteiger partial charge in [-0.1, -0.05) is 56.3 Å². The van der Waals surface area contributed by atoms with E-state index in [1.165, 1.54) is 0 Å². The summed E-state index contributed by atoms with van der Waals surface area (Å²) in [7, 11) is -3.12. The molecule has 0 aromatic heterocycles. The fourth-order valence-corrected chi connectivity index (χ4v) is 3.47. The van der Waals surface area contributed by atoms with E-state index in [2.05, 4.69) is 23.9 Å². The summed E-state index contributed by atoms with van der Waals surface area (Å²) in [4.78, 5) is 12.7. The fourth-order valence-electron chi connectivity index (χ4n) is 2.77. The van der Waals surface area contributed by atoms with Crippen LogP contribution in [0.15, 0.2) is 48.5 Å². The van der Waals surface area contributed by atoms with Crippen LogP contribution < -0.4 is 10.0 Å².